The number of carbonyl (C=O) groups is 1. The molecule has 126 valence electrons. The lowest BCUT2D eigenvalue weighted by Crippen LogP contribution is -2.63. The van der Waals surface area contributed by atoms with Crippen molar-refractivity contribution in [1.29, 1.82) is 0 Å². The Bertz CT molecular complexity index is 569. The van der Waals surface area contributed by atoms with E-state index in [0.717, 1.165) is 26.1 Å². The van der Waals surface area contributed by atoms with Gasteiger partial charge in [0, 0.05) is 25.7 Å². The highest BCUT2D eigenvalue weighted by Crippen LogP contribution is 2.34. The molecule has 2 aliphatic heterocycles. The third kappa shape index (κ3) is 2.90. The molecule has 1 amide bonds. The van der Waals surface area contributed by atoms with Gasteiger partial charge in [0.25, 0.3) is 5.91 Å². The number of nitrogens with zero attached hydrogens (tertiary/aromatic N) is 2. The Labute approximate surface area is 136 Å². The molecule has 0 aromatic carbocycles. The minimum absolute atomic E-state index is 0.0523. The average Bonchev–Trinajstić information content (AvgIpc) is 2.92. The largest absolute Gasteiger partial charge is 0.376 e. The number of carbonyl (C=O) groups excluding carboxylic acids is 1. The molecule has 0 bridgehead atoms. The topological polar surface area (TPSA) is 67.6 Å². The number of aromatic nitrogens is 1. The molecule has 4 rings (SSSR count). The fraction of sp³-hybridized carbons (Fsp3) is 0.765. The fourth-order valence-corrected chi connectivity index (χ4v) is 4.18. The third-order valence-electron chi connectivity index (χ3n) is 5.69. The Balaban J connectivity index is 1.49. The minimum Gasteiger partial charge on any atom is -0.376 e. The molecular weight excluding hydrogens is 294 g/mol. The van der Waals surface area contributed by atoms with Gasteiger partial charge in [0.15, 0.2) is 0 Å². The predicted molar refractivity (Wildman–Crippen MR) is 84.2 cm³/mol. The minimum atomic E-state index is -0.0999. The second kappa shape index (κ2) is 6.24. The molecule has 1 aromatic heterocycles. The summed E-state index contributed by atoms with van der Waals surface area (Å²) in [4.78, 5) is 15.1. The summed E-state index contributed by atoms with van der Waals surface area (Å²) in [5, 5.41) is 6.89. The van der Waals surface area contributed by atoms with Crippen LogP contribution >= 0.6 is 0 Å². The van der Waals surface area contributed by atoms with Crippen LogP contribution < -0.4 is 5.32 Å². The molecule has 1 aliphatic carbocycles. The number of hydrogen-bond donors (Lipinski definition) is 1. The van der Waals surface area contributed by atoms with E-state index in [1.54, 1.807) is 6.92 Å². The first kappa shape index (κ1) is 15.1. The number of amides is 1. The van der Waals surface area contributed by atoms with Crippen LogP contribution in [0.1, 0.15) is 48.2 Å². The highest BCUT2D eigenvalue weighted by molar-refractivity contribution is 5.95. The summed E-state index contributed by atoms with van der Waals surface area (Å²) < 4.78 is 11.1. The number of fused-ring (bicyclic) bond motifs is 1. The van der Waals surface area contributed by atoms with Crippen molar-refractivity contribution in [3.63, 3.8) is 0 Å². The van der Waals surface area contributed by atoms with Gasteiger partial charge in [-0.3, -0.25) is 9.69 Å². The molecule has 3 aliphatic rings. The van der Waals surface area contributed by atoms with Gasteiger partial charge < -0.3 is 14.6 Å². The molecule has 2 saturated heterocycles. The second-order valence-corrected chi connectivity index (χ2v) is 7.15. The average molecular weight is 319 g/mol. The maximum Gasteiger partial charge on any atom is 0.256 e. The number of likely N-dealkylation sites (tertiary alicyclic amines) is 1. The maximum atomic E-state index is 12.5. The van der Waals surface area contributed by atoms with E-state index in [1.165, 1.54) is 31.9 Å². The van der Waals surface area contributed by atoms with Crippen molar-refractivity contribution in [1.82, 2.24) is 15.4 Å². The van der Waals surface area contributed by atoms with Gasteiger partial charge in [-0.1, -0.05) is 11.6 Å². The summed E-state index contributed by atoms with van der Waals surface area (Å²) >= 11 is 0. The van der Waals surface area contributed by atoms with Gasteiger partial charge in [0.2, 0.25) is 0 Å². The molecule has 3 heterocycles. The Morgan fingerprint density at radius 3 is 2.87 bits per heavy atom. The summed E-state index contributed by atoms with van der Waals surface area (Å²) in [5.41, 5.74) is 0.526. The van der Waals surface area contributed by atoms with Gasteiger partial charge in [0.05, 0.1) is 18.3 Å². The number of hydrogen-bond acceptors (Lipinski definition) is 5. The number of nitrogens with one attached hydrogen (secondary N) is 1. The van der Waals surface area contributed by atoms with Crippen LogP contribution in [-0.4, -0.2) is 53.8 Å². The molecule has 6 heteroatoms. The van der Waals surface area contributed by atoms with Crippen molar-refractivity contribution in [3.05, 3.63) is 17.5 Å². The van der Waals surface area contributed by atoms with Crippen LogP contribution in [0, 0.1) is 12.8 Å². The van der Waals surface area contributed by atoms with E-state index in [1.807, 2.05) is 0 Å². The summed E-state index contributed by atoms with van der Waals surface area (Å²) in [6.07, 6.45) is 7.90. The molecule has 6 nitrogen and oxygen atoms in total. The lowest BCUT2D eigenvalue weighted by atomic mass is 9.82. The van der Waals surface area contributed by atoms with E-state index in [0.29, 0.717) is 23.3 Å². The molecule has 0 unspecified atom stereocenters. The molecule has 1 saturated carbocycles. The van der Waals surface area contributed by atoms with Crippen LogP contribution in [0.5, 0.6) is 0 Å². The van der Waals surface area contributed by atoms with E-state index in [2.05, 4.69) is 15.4 Å². The van der Waals surface area contributed by atoms with Crippen molar-refractivity contribution in [3.8, 4) is 0 Å². The lowest BCUT2D eigenvalue weighted by molar-refractivity contribution is -0.0957. The smallest absolute Gasteiger partial charge is 0.256 e. The quantitative estimate of drug-likeness (QED) is 0.919. The van der Waals surface area contributed by atoms with Crippen LogP contribution in [0.2, 0.25) is 0 Å². The van der Waals surface area contributed by atoms with Gasteiger partial charge in [-0.25, -0.2) is 0 Å². The van der Waals surface area contributed by atoms with E-state index in [-0.39, 0.29) is 18.1 Å². The molecule has 1 N–H and O–H groups in total. The molecule has 3 fully saturated rings. The van der Waals surface area contributed by atoms with Gasteiger partial charge >= 0.3 is 0 Å². The van der Waals surface area contributed by atoms with Gasteiger partial charge in [0.1, 0.15) is 11.3 Å². The molecule has 0 spiro atoms. The highest BCUT2D eigenvalue weighted by Gasteiger charge is 2.42. The van der Waals surface area contributed by atoms with Crippen molar-refractivity contribution >= 4 is 5.91 Å². The van der Waals surface area contributed by atoms with E-state index >= 15 is 0 Å². The van der Waals surface area contributed by atoms with Crippen molar-refractivity contribution in [2.24, 2.45) is 5.92 Å². The van der Waals surface area contributed by atoms with Crippen molar-refractivity contribution in [2.45, 2.75) is 57.2 Å². The third-order valence-corrected chi connectivity index (χ3v) is 5.69. The van der Waals surface area contributed by atoms with Crippen LogP contribution in [0.15, 0.2) is 10.7 Å². The standard InChI is InChI=1S/C17H25N3O3/c1-11-14(8-18-23-11)17(21)19-15-10-20(13-5-2-6-13)9-12-4-3-7-22-16(12)15/h8,12-13,15-16H,2-7,9-10H2,1H3,(H,19,21)/t12-,15+,16-/m0/s1. The van der Waals surface area contributed by atoms with Gasteiger partial charge in [-0.15, -0.1) is 0 Å². The number of rotatable bonds is 3. The van der Waals surface area contributed by atoms with Crippen LogP contribution in [-0.2, 0) is 4.74 Å². The number of piperidine rings is 1. The fourth-order valence-electron chi connectivity index (χ4n) is 4.18. The maximum absolute atomic E-state index is 12.5. The predicted octanol–water partition coefficient (Wildman–Crippen LogP) is 1.74. The zero-order valence-corrected chi connectivity index (χ0v) is 13.7. The Kier molecular flexibility index (Phi) is 4.11. The van der Waals surface area contributed by atoms with Gasteiger partial charge in [-0.2, -0.15) is 0 Å². The SMILES string of the molecule is Cc1oncc1C(=O)N[C@@H]1CN(C2CCC2)C[C@@H]2CCCO[C@@H]21. The zero-order valence-electron chi connectivity index (χ0n) is 13.7. The number of aryl methyl sites for hydroxylation is 1. The second-order valence-electron chi connectivity index (χ2n) is 7.15. The zero-order chi connectivity index (χ0) is 15.8. The monoisotopic (exact) mass is 319 g/mol. The van der Waals surface area contributed by atoms with Crippen molar-refractivity contribution in [2.75, 3.05) is 19.7 Å². The Morgan fingerprint density at radius 1 is 1.30 bits per heavy atom. The summed E-state index contributed by atoms with van der Waals surface area (Å²) in [7, 11) is 0. The first-order chi connectivity index (χ1) is 11.2. The van der Waals surface area contributed by atoms with Gasteiger partial charge in [-0.05, 0) is 38.5 Å². The lowest BCUT2D eigenvalue weighted by Gasteiger charge is -2.50. The first-order valence-corrected chi connectivity index (χ1v) is 8.80. The highest BCUT2D eigenvalue weighted by atomic mass is 16.5. The van der Waals surface area contributed by atoms with E-state index in [9.17, 15) is 4.79 Å². The van der Waals surface area contributed by atoms with E-state index in [4.69, 9.17) is 9.26 Å². The summed E-state index contributed by atoms with van der Waals surface area (Å²) in [5.74, 6) is 0.999. The Morgan fingerprint density at radius 2 is 2.17 bits per heavy atom. The molecule has 1 aromatic rings. The summed E-state index contributed by atoms with van der Waals surface area (Å²) in [6, 6.07) is 0.756. The van der Waals surface area contributed by atoms with Crippen LogP contribution in [0.25, 0.3) is 0 Å². The van der Waals surface area contributed by atoms with Crippen LogP contribution in [0.3, 0.4) is 0 Å². The summed E-state index contributed by atoms with van der Waals surface area (Å²) in [6.45, 7) is 4.59. The van der Waals surface area contributed by atoms with E-state index < -0.39 is 0 Å². The normalized spacial score (nSPS) is 32.1. The molecule has 0 radical (unpaired) electrons. The Hall–Kier alpha value is -1.40. The van der Waals surface area contributed by atoms with Crippen molar-refractivity contribution < 1.29 is 14.1 Å². The van der Waals surface area contributed by atoms with Crippen LogP contribution in [0.4, 0.5) is 0 Å². The molecule has 23 heavy (non-hydrogen) atoms. The molecular formula is C17H25N3O3. The molecule has 3 atom stereocenters. The first-order valence-electron chi connectivity index (χ1n) is 8.80. The number of ether oxygens (including phenoxy) is 1.